The molecular weight excluding hydrogens is 184 g/mol. The molecule has 0 heterocycles. The van der Waals surface area contributed by atoms with Crippen molar-refractivity contribution in [3.8, 4) is 0 Å². The Labute approximate surface area is 82.9 Å². The van der Waals surface area contributed by atoms with E-state index in [9.17, 15) is 14.4 Å². The molecule has 0 bridgehead atoms. The summed E-state index contributed by atoms with van der Waals surface area (Å²) in [5.74, 6) is -0.755. The van der Waals surface area contributed by atoms with E-state index in [2.05, 4.69) is 11.3 Å². The smallest absolute Gasteiger partial charge is 0.330 e. The van der Waals surface area contributed by atoms with Crippen LogP contribution in [0.3, 0.4) is 0 Å². The zero-order valence-electron chi connectivity index (χ0n) is 8.25. The SMILES string of the molecule is C=CC(=O)OCCCC(=O)CC(C)=O. The van der Waals surface area contributed by atoms with Gasteiger partial charge in [-0.1, -0.05) is 6.58 Å². The van der Waals surface area contributed by atoms with Crippen LogP contribution in [0.2, 0.25) is 0 Å². The predicted molar refractivity (Wildman–Crippen MR) is 50.7 cm³/mol. The number of carbonyl (C=O) groups is 3. The first-order valence-corrected chi connectivity index (χ1v) is 4.36. The number of ketones is 2. The molecule has 0 fully saturated rings. The molecule has 0 unspecified atom stereocenters. The summed E-state index contributed by atoms with van der Waals surface area (Å²) in [7, 11) is 0. The fourth-order valence-electron chi connectivity index (χ4n) is 0.867. The Balaban J connectivity index is 3.45. The third kappa shape index (κ3) is 7.21. The van der Waals surface area contributed by atoms with E-state index >= 15 is 0 Å². The molecule has 14 heavy (non-hydrogen) atoms. The van der Waals surface area contributed by atoms with E-state index in [1.165, 1.54) is 6.92 Å². The lowest BCUT2D eigenvalue weighted by Gasteiger charge is -2.00. The second-order valence-electron chi connectivity index (χ2n) is 2.89. The van der Waals surface area contributed by atoms with Crippen molar-refractivity contribution in [1.29, 1.82) is 0 Å². The van der Waals surface area contributed by atoms with Crippen molar-refractivity contribution in [2.24, 2.45) is 0 Å². The summed E-state index contributed by atoms with van der Waals surface area (Å²) in [6.07, 6.45) is 1.75. The zero-order valence-corrected chi connectivity index (χ0v) is 8.25. The molecule has 0 aliphatic heterocycles. The third-order valence-electron chi connectivity index (χ3n) is 1.46. The summed E-state index contributed by atoms with van der Waals surface area (Å²) in [4.78, 5) is 32.1. The molecule has 4 heteroatoms. The Kier molecular flexibility index (Phi) is 6.28. The van der Waals surface area contributed by atoms with E-state index in [4.69, 9.17) is 0 Å². The topological polar surface area (TPSA) is 60.4 Å². The van der Waals surface area contributed by atoms with Crippen LogP contribution < -0.4 is 0 Å². The van der Waals surface area contributed by atoms with Crippen LogP contribution in [-0.2, 0) is 19.1 Å². The van der Waals surface area contributed by atoms with Gasteiger partial charge in [0.05, 0.1) is 13.0 Å². The number of carbonyl (C=O) groups excluding carboxylic acids is 3. The van der Waals surface area contributed by atoms with E-state index < -0.39 is 5.97 Å². The highest BCUT2D eigenvalue weighted by Gasteiger charge is 2.05. The highest BCUT2D eigenvalue weighted by Crippen LogP contribution is 1.97. The molecule has 0 saturated heterocycles. The van der Waals surface area contributed by atoms with Gasteiger partial charge < -0.3 is 4.74 Å². The number of hydrogen-bond acceptors (Lipinski definition) is 4. The summed E-state index contributed by atoms with van der Waals surface area (Å²) in [5, 5.41) is 0. The van der Waals surface area contributed by atoms with Gasteiger partial charge in [0.1, 0.15) is 11.6 Å². The third-order valence-corrected chi connectivity index (χ3v) is 1.46. The number of rotatable bonds is 7. The van der Waals surface area contributed by atoms with E-state index in [1.807, 2.05) is 0 Å². The van der Waals surface area contributed by atoms with E-state index in [-0.39, 0.29) is 31.0 Å². The maximum absolute atomic E-state index is 11.0. The molecule has 0 aliphatic carbocycles. The molecule has 0 aromatic rings. The molecule has 0 aromatic heterocycles. The average Bonchev–Trinajstić information content (AvgIpc) is 2.10. The molecule has 0 N–H and O–H groups in total. The van der Waals surface area contributed by atoms with Crippen LogP contribution in [0.5, 0.6) is 0 Å². The molecule has 0 rings (SSSR count). The van der Waals surface area contributed by atoms with Gasteiger partial charge in [-0.15, -0.1) is 0 Å². The van der Waals surface area contributed by atoms with E-state index in [1.54, 1.807) is 0 Å². The summed E-state index contributed by atoms with van der Waals surface area (Å²) in [6.45, 7) is 4.79. The minimum atomic E-state index is -0.496. The minimum Gasteiger partial charge on any atom is -0.463 e. The summed E-state index contributed by atoms with van der Waals surface area (Å²) >= 11 is 0. The highest BCUT2D eigenvalue weighted by molar-refractivity contribution is 5.97. The Morgan fingerprint density at radius 2 is 2.00 bits per heavy atom. The van der Waals surface area contributed by atoms with Crippen LogP contribution in [0.15, 0.2) is 12.7 Å². The second-order valence-corrected chi connectivity index (χ2v) is 2.89. The summed E-state index contributed by atoms with van der Waals surface area (Å²) in [6, 6.07) is 0. The van der Waals surface area contributed by atoms with Crippen LogP contribution in [0.4, 0.5) is 0 Å². The maximum Gasteiger partial charge on any atom is 0.330 e. The molecule has 0 spiro atoms. The lowest BCUT2D eigenvalue weighted by Crippen LogP contribution is -2.07. The van der Waals surface area contributed by atoms with Gasteiger partial charge in [-0.05, 0) is 13.3 Å². The molecule has 4 nitrogen and oxygen atoms in total. The van der Waals surface area contributed by atoms with Crippen LogP contribution in [0.25, 0.3) is 0 Å². The molecule has 0 radical (unpaired) electrons. The quantitative estimate of drug-likeness (QED) is 0.265. The van der Waals surface area contributed by atoms with Crippen LogP contribution in [0.1, 0.15) is 26.2 Å². The first-order valence-electron chi connectivity index (χ1n) is 4.36. The van der Waals surface area contributed by atoms with Crippen molar-refractivity contribution < 1.29 is 19.1 Å². The van der Waals surface area contributed by atoms with Crippen molar-refractivity contribution in [2.75, 3.05) is 6.61 Å². The van der Waals surface area contributed by atoms with E-state index in [0.29, 0.717) is 6.42 Å². The van der Waals surface area contributed by atoms with Gasteiger partial charge >= 0.3 is 5.97 Å². The zero-order chi connectivity index (χ0) is 11.0. The number of esters is 1. The maximum atomic E-state index is 11.0. The Hall–Kier alpha value is -1.45. The minimum absolute atomic E-state index is 0.0323. The molecule has 0 amide bonds. The molecule has 0 atom stereocenters. The molecule has 0 saturated carbocycles. The van der Waals surface area contributed by atoms with Gasteiger partial charge in [-0.25, -0.2) is 4.79 Å². The fraction of sp³-hybridized carbons (Fsp3) is 0.500. The predicted octanol–water partition coefficient (Wildman–Crippen LogP) is 1.04. The van der Waals surface area contributed by atoms with Crippen molar-refractivity contribution in [2.45, 2.75) is 26.2 Å². The monoisotopic (exact) mass is 198 g/mol. The molecule has 0 aliphatic rings. The highest BCUT2D eigenvalue weighted by atomic mass is 16.5. The fourth-order valence-corrected chi connectivity index (χ4v) is 0.867. The summed E-state index contributed by atoms with van der Waals surface area (Å²) < 4.78 is 4.65. The Bertz CT molecular complexity index is 243. The number of ether oxygens (including phenoxy) is 1. The average molecular weight is 198 g/mol. The van der Waals surface area contributed by atoms with Gasteiger partial charge in [0.15, 0.2) is 0 Å². The van der Waals surface area contributed by atoms with Crippen molar-refractivity contribution in [3.63, 3.8) is 0 Å². The van der Waals surface area contributed by atoms with Gasteiger partial charge in [-0.2, -0.15) is 0 Å². The lowest BCUT2D eigenvalue weighted by molar-refractivity contribution is -0.138. The first kappa shape index (κ1) is 12.6. The second kappa shape index (κ2) is 7.00. The normalized spacial score (nSPS) is 9.21. The van der Waals surface area contributed by atoms with Gasteiger partial charge in [-0.3, -0.25) is 9.59 Å². The van der Waals surface area contributed by atoms with Crippen LogP contribution in [0, 0.1) is 0 Å². The van der Waals surface area contributed by atoms with Gasteiger partial charge in [0.2, 0.25) is 0 Å². The van der Waals surface area contributed by atoms with Crippen LogP contribution >= 0.6 is 0 Å². The number of Topliss-reactive ketones (excluding diaryl/α,β-unsaturated/α-hetero) is 2. The van der Waals surface area contributed by atoms with E-state index in [0.717, 1.165) is 6.08 Å². The van der Waals surface area contributed by atoms with Crippen molar-refractivity contribution in [1.82, 2.24) is 0 Å². The van der Waals surface area contributed by atoms with Gasteiger partial charge in [0.25, 0.3) is 0 Å². The first-order chi connectivity index (χ1) is 6.56. The molecule has 0 aromatic carbocycles. The van der Waals surface area contributed by atoms with Gasteiger partial charge in [0, 0.05) is 12.5 Å². The Morgan fingerprint density at radius 1 is 1.36 bits per heavy atom. The van der Waals surface area contributed by atoms with Crippen LogP contribution in [-0.4, -0.2) is 24.1 Å². The van der Waals surface area contributed by atoms with Crippen molar-refractivity contribution in [3.05, 3.63) is 12.7 Å². The van der Waals surface area contributed by atoms with Crippen molar-refractivity contribution >= 4 is 17.5 Å². The largest absolute Gasteiger partial charge is 0.463 e. The summed E-state index contributed by atoms with van der Waals surface area (Å²) in [5.41, 5.74) is 0. The molecule has 78 valence electrons. The molecular formula is C10H14O4. The Morgan fingerprint density at radius 3 is 2.50 bits per heavy atom. The lowest BCUT2D eigenvalue weighted by atomic mass is 10.1. The number of hydrogen-bond donors (Lipinski definition) is 0. The standard InChI is InChI=1S/C10H14O4/c1-3-10(13)14-6-4-5-9(12)7-8(2)11/h3H,1,4-7H2,2H3.